The molecule has 0 aromatic carbocycles. The van der Waals surface area contributed by atoms with Crippen molar-refractivity contribution in [2.24, 2.45) is 11.5 Å². The normalized spacial score (nSPS) is 11.2. The number of hydrogen-bond acceptors (Lipinski definition) is 4. The fraction of sp³-hybridized carbons (Fsp3) is 0.500. The van der Waals surface area contributed by atoms with Gasteiger partial charge >= 0.3 is 5.97 Å². The summed E-state index contributed by atoms with van der Waals surface area (Å²) in [4.78, 5) is 10.7. The molecule has 4 nitrogen and oxygen atoms in total. The summed E-state index contributed by atoms with van der Waals surface area (Å²) in [5.41, 5.74) is 10.5. The van der Waals surface area contributed by atoms with Gasteiger partial charge in [-0.25, -0.2) is 4.79 Å². The molecule has 10 heavy (non-hydrogen) atoms. The zero-order chi connectivity index (χ0) is 7.98. The van der Waals surface area contributed by atoms with Crippen LogP contribution in [0, 0.1) is 0 Å². The molecule has 0 unspecified atom stereocenters. The minimum Gasteiger partial charge on any atom is -0.461 e. The molecule has 0 radical (unpaired) electrons. The van der Waals surface area contributed by atoms with Crippen LogP contribution in [0.5, 0.6) is 0 Å². The molecule has 0 bridgehead atoms. The molecule has 4 heteroatoms. The molecule has 0 spiro atoms. The van der Waals surface area contributed by atoms with Crippen molar-refractivity contribution in [1.29, 1.82) is 0 Å². The van der Waals surface area contributed by atoms with E-state index in [0.29, 0.717) is 12.1 Å². The van der Waals surface area contributed by atoms with Crippen LogP contribution in [0.15, 0.2) is 11.8 Å². The highest BCUT2D eigenvalue weighted by molar-refractivity contribution is 5.87. The minimum atomic E-state index is -0.409. The topological polar surface area (TPSA) is 78.3 Å². The molecule has 0 aliphatic rings. The lowest BCUT2D eigenvalue weighted by Crippen LogP contribution is -2.14. The summed E-state index contributed by atoms with van der Waals surface area (Å²) in [5.74, 6) is -0.409. The largest absolute Gasteiger partial charge is 0.461 e. The Balaban J connectivity index is 3.63. The van der Waals surface area contributed by atoms with Gasteiger partial charge in [0.1, 0.15) is 6.61 Å². The van der Waals surface area contributed by atoms with Gasteiger partial charge < -0.3 is 16.2 Å². The van der Waals surface area contributed by atoms with Crippen LogP contribution in [0.3, 0.4) is 0 Å². The van der Waals surface area contributed by atoms with Crippen LogP contribution < -0.4 is 11.5 Å². The fourth-order valence-corrected chi connectivity index (χ4v) is 0.334. The predicted octanol–water partition coefficient (Wildman–Crippen LogP) is -0.649. The summed E-state index contributed by atoms with van der Waals surface area (Å²) in [5, 5.41) is 0. The van der Waals surface area contributed by atoms with Gasteiger partial charge in [-0.2, -0.15) is 0 Å². The Morgan fingerprint density at radius 2 is 2.30 bits per heavy atom. The average molecular weight is 144 g/mol. The minimum absolute atomic E-state index is 0.240. The van der Waals surface area contributed by atoms with Gasteiger partial charge in [0.15, 0.2) is 0 Å². The maximum Gasteiger partial charge on any atom is 0.335 e. The van der Waals surface area contributed by atoms with Crippen molar-refractivity contribution in [3.63, 3.8) is 0 Å². The molecule has 0 fully saturated rings. The summed E-state index contributed by atoms with van der Waals surface area (Å²) in [6.07, 6.45) is 1.21. The number of ether oxygens (including phenoxy) is 1. The molecule has 0 aliphatic heterocycles. The maximum atomic E-state index is 10.7. The van der Waals surface area contributed by atoms with E-state index in [1.165, 1.54) is 6.20 Å². The van der Waals surface area contributed by atoms with E-state index in [1.54, 1.807) is 6.92 Å². The smallest absolute Gasteiger partial charge is 0.335 e. The lowest BCUT2D eigenvalue weighted by Gasteiger charge is -2.00. The Morgan fingerprint density at radius 1 is 1.70 bits per heavy atom. The molecule has 0 aliphatic carbocycles. The van der Waals surface area contributed by atoms with Gasteiger partial charge in [0.2, 0.25) is 0 Å². The first kappa shape index (κ1) is 8.97. The van der Waals surface area contributed by atoms with Gasteiger partial charge in [-0.3, -0.25) is 0 Å². The lowest BCUT2D eigenvalue weighted by atomic mass is 10.3. The van der Waals surface area contributed by atoms with Gasteiger partial charge in [0.25, 0.3) is 0 Å². The number of esters is 1. The molecule has 4 N–H and O–H groups in total. The molecule has 58 valence electrons. The molecular weight excluding hydrogens is 132 g/mol. The third-order valence-corrected chi connectivity index (χ3v) is 0.923. The number of rotatable bonds is 3. The molecule has 0 heterocycles. The zero-order valence-corrected chi connectivity index (χ0v) is 5.96. The van der Waals surface area contributed by atoms with Crippen LogP contribution in [-0.2, 0) is 9.53 Å². The highest BCUT2D eigenvalue weighted by Crippen LogP contribution is 1.91. The van der Waals surface area contributed by atoms with Crippen LogP contribution in [-0.4, -0.2) is 19.1 Å². The maximum absolute atomic E-state index is 10.7. The fourth-order valence-electron chi connectivity index (χ4n) is 0.334. The van der Waals surface area contributed by atoms with Crippen molar-refractivity contribution in [3.05, 3.63) is 11.8 Å². The summed E-state index contributed by atoms with van der Waals surface area (Å²) in [7, 11) is 0. The van der Waals surface area contributed by atoms with Crippen LogP contribution in [0.4, 0.5) is 0 Å². The van der Waals surface area contributed by atoms with Gasteiger partial charge in [0, 0.05) is 18.3 Å². The number of carbonyl (C=O) groups excluding carboxylic acids is 1. The molecule has 0 aromatic rings. The second kappa shape index (κ2) is 4.81. The molecular formula is C6H12N2O2. The van der Waals surface area contributed by atoms with E-state index in [1.807, 2.05) is 0 Å². The summed E-state index contributed by atoms with van der Waals surface area (Å²) < 4.78 is 4.63. The molecule has 0 atom stereocenters. The molecule has 0 rings (SSSR count). The van der Waals surface area contributed by atoms with Crippen molar-refractivity contribution >= 4 is 5.97 Å². The molecule has 0 amide bonds. The van der Waals surface area contributed by atoms with Crippen molar-refractivity contribution in [2.45, 2.75) is 6.92 Å². The van der Waals surface area contributed by atoms with E-state index in [2.05, 4.69) is 4.74 Å². The lowest BCUT2D eigenvalue weighted by molar-refractivity contribution is -0.138. The van der Waals surface area contributed by atoms with E-state index in [4.69, 9.17) is 11.5 Å². The Labute approximate surface area is 59.8 Å². The van der Waals surface area contributed by atoms with Crippen molar-refractivity contribution in [3.8, 4) is 0 Å². The first-order chi connectivity index (χ1) is 4.72. The van der Waals surface area contributed by atoms with E-state index in [9.17, 15) is 4.79 Å². The number of carbonyl (C=O) groups is 1. The number of nitrogens with two attached hydrogens (primary N) is 2. The highest BCUT2D eigenvalue weighted by Gasteiger charge is 2.02. The molecule has 0 aromatic heterocycles. The van der Waals surface area contributed by atoms with E-state index in [0.717, 1.165) is 0 Å². The average Bonchev–Trinajstić information content (AvgIpc) is 1.98. The van der Waals surface area contributed by atoms with Gasteiger partial charge in [-0.05, 0) is 6.92 Å². The van der Waals surface area contributed by atoms with E-state index >= 15 is 0 Å². The first-order valence-corrected chi connectivity index (χ1v) is 2.98. The summed E-state index contributed by atoms with van der Waals surface area (Å²) >= 11 is 0. The van der Waals surface area contributed by atoms with Crippen LogP contribution in [0.1, 0.15) is 6.92 Å². The van der Waals surface area contributed by atoms with Gasteiger partial charge in [-0.1, -0.05) is 0 Å². The second-order valence-corrected chi connectivity index (χ2v) is 1.77. The SMILES string of the molecule is CC(=CN)C(=O)OCCN. The summed E-state index contributed by atoms with van der Waals surface area (Å²) in [6, 6.07) is 0. The monoisotopic (exact) mass is 144 g/mol. The van der Waals surface area contributed by atoms with Crippen LogP contribution in [0.2, 0.25) is 0 Å². The number of hydrogen-bond donors (Lipinski definition) is 2. The zero-order valence-electron chi connectivity index (χ0n) is 5.96. The predicted molar refractivity (Wildman–Crippen MR) is 38.0 cm³/mol. The van der Waals surface area contributed by atoms with E-state index < -0.39 is 5.97 Å². The standard InChI is InChI=1S/C6H12N2O2/c1-5(4-8)6(9)10-3-2-7/h4H,2-3,7-8H2,1H3. The van der Waals surface area contributed by atoms with Gasteiger partial charge in [-0.15, -0.1) is 0 Å². The summed E-state index contributed by atoms with van der Waals surface area (Å²) in [6.45, 7) is 2.16. The Bertz CT molecular complexity index is 143. The quantitative estimate of drug-likeness (QED) is 0.407. The van der Waals surface area contributed by atoms with Gasteiger partial charge in [0.05, 0.1) is 0 Å². The Hall–Kier alpha value is -1.03. The third kappa shape index (κ3) is 3.09. The van der Waals surface area contributed by atoms with Crippen molar-refractivity contribution < 1.29 is 9.53 Å². The first-order valence-electron chi connectivity index (χ1n) is 2.98. The molecule has 0 saturated heterocycles. The van der Waals surface area contributed by atoms with Crippen molar-refractivity contribution in [1.82, 2.24) is 0 Å². The highest BCUT2D eigenvalue weighted by atomic mass is 16.5. The third-order valence-electron chi connectivity index (χ3n) is 0.923. The Kier molecular flexibility index (Phi) is 4.32. The van der Waals surface area contributed by atoms with E-state index in [-0.39, 0.29) is 6.61 Å². The van der Waals surface area contributed by atoms with Crippen molar-refractivity contribution in [2.75, 3.05) is 13.2 Å². The molecule has 0 saturated carbocycles. The van der Waals surface area contributed by atoms with Crippen LogP contribution >= 0.6 is 0 Å². The Morgan fingerprint density at radius 3 is 2.70 bits per heavy atom. The second-order valence-electron chi connectivity index (χ2n) is 1.77. The van der Waals surface area contributed by atoms with Crippen LogP contribution in [0.25, 0.3) is 0 Å².